The first-order valence-electron chi connectivity index (χ1n) is 12.8. The summed E-state index contributed by atoms with van der Waals surface area (Å²) in [4.78, 5) is 15.4. The first kappa shape index (κ1) is 25.8. The van der Waals surface area contributed by atoms with Gasteiger partial charge < -0.3 is 23.4 Å². The number of benzene rings is 3. The molecule has 0 aliphatic carbocycles. The molecule has 1 saturated heterocycles. The maximum Gasteiger partial charge on any atom is 0.336 e. The molecule has 0 amide bonds. The van der Waals surface area contributed by atoms with Crippen molar-refractivity contribution >= 4 is 11.0 Å². The summed E-state index contributed by atoms with van der Waals surface area (Å²) < 4.78 is 28.7. The molecule has 1 fully saturated rings. The summed E-state index contributed by atoms with van der Waals surface area (Å²) in [6.07, 6.45) is 0.795. The predicted octanol–water partition coefficient (Wildman–Crippen LogP) is 5.34. The van der Waals surface area contributed by atoms with E-state index in [1.807, 2.05) is 48.5 Å². The van der Waals surface area contributed by atoms with E-state index in [9.17, 15) is 4.79 Å². The van der Waals surface area contributed by atoms with E-state index < -0.39 is 5.63 Å². The van der Waals surface area contributed by atoms with Crippen molar-refractivity contribution in [3.05, 3.63) is 88.3 Å². The Morgan fingerprint density at radius 1 is 0.868 bits per heavy atom. The average molecular weight is 516 g/mol. The fourth-order valence-electron chi connectivity index (χ4n) is 5.26. The number of nitrogens with zero attached hydrogens (tertiary/aromatic N) is 1. The molecule has 38 heavy (non-hydrogen) atoms. The number of rotatable bonds is 9. The van der Waals surface area contributed by atoms with Crippen LogP contribution in [0.3, 0.4) is 0 Å². The van der Waals surface area contributed by atoms with E-state index in [1.165, 1.54) is 6.07 Å². The normalized spacial score (nSPS) is 14.8. The smallest absolute Gasteiger partial charge is 0.336 e. The monoisotopic (exact) mass is 515 g/mol. The maximum absolute atomic E-state index is 13.0. The molecule has 4 aromatic rings. The molecule has 0 saturated carbocycles. The number of ether oxygens (including phenoxy) is 4. The highest BCUT2D eigenvalue weighted by Gasteiger charge is 2.28. The Morgan fingerprint density at radius 3 is 2.24 bits per heavy atom. The number of hydrogen-bond donors (Lipinski definition) is 0. The van der Waals surface area contributed by atoms with Crippen molar-refractivity contribution in [3.63, 3.8) is 0 Å². The van der Waals surface area contributed by atoms with Gasteiger partial charge in [-0.05, 0) is 36.2 Å². The first-order valence-corrected chi connectivity index (χ1v) is 12.8. The highest BCUT2D eigenvalue weighted by atomic mass is 16.5. The van der Waals surface area contributed by atoms with Gasteiger partial charge in [-0.2, -0.15) is 0 Å². The quantitative estimate of drug-likeness (QED) is 0.279. The molecule has 1 aromatic heterocycles. The molecule has 3 aromatic carbocycles. The zero-order valence-corrected chi connectivity index (χ0v) is 22.1. The summed E-state index contributed by atoms with van der Waals surface area (Å²) in [5.74, 6) is 1.88. The minimum atomic E-state index is -0.422. The van der Waals surface area contributed by atoms with Gasteiger partial charge in [0.25, 0.3) is 0 Å². The zero-order valence-electron chi connectivity index (χ0n) is 22.1. The number of morpholine rings is 1. The largest absolute Gasteiger partial charge is 0.497 e. The highest BCUT2D eigenvalue weighted by molar-refractivity contribution is 6.00. The summed E-state index contributed by atoms with van der Waals surface area (Å²) in [6.45, 7) is 4.11. The minimum Gasteiger partial charge on any atom is -0.497 e. The Balaban J connectivity index is 1.74. The van der Waals surface area contributed by atoms with Crippen molar-refractivity contribution < 1.29 is 23.4 Å². The van der Waals surface area contributed by atoms with E-state index in [0.717, 1.165) is 72.7 Å². The van der Waals surface area contributed by atoms with Gasteiger partial charge in [-0.3, -0.25) is 4.90 Å². The molecule has 0 radical (unpaired) electrons. The lowest BCUT2D eigenvalue weighted by Crippen LogP contribution is -2.37. The lowest BCUT2D eigenvalue weighted by atomic mass is 9.85. The SMILES string of the molecule is COc1ccc([C@@H](CCN2CCOCC2)c2c(OC)cc(OC)c3c(-c4ccccc4)cc(=O)oc23)cc1. The lowest BCUT2D eigenvalue weighted by Gasteiger charge is -2.29. The van der Waals surface area contributed by atoms with Crippen molar-refractivity contribution in [2.75, 3.05) is 54.2 Å². The molecule has 0 spiro atoms. The van der Waals surface area contributed by atoms with Crippen LogP contribution in [0.25, 0.3) is 22.1 Å². The minimum absolute atomic E-state index is 0.110. The van der Waals surface area contributed by atoms with Gasteiger partial charge in [-0.1, -0.05) is 42.5 Å². The predicted molar refractivity (Wildman–Crippen MR) is 148 cm³/mol. The Bertz CT molecular complexity index is 1430. The van der Waals surface area contributed by atoms with Crippen LogP contribution in [0, 0.1) is 0 Å². The molecule has 0 bridgehead atoms. The van der Waals surface area contributed by atoms with E-state index in [0.29, 0.717) is 17.1 Å². The molecule has 7 heteroatoms. The summed E-state index contributed by atoms with van der Waals surface area (Å²) in [5, 5.41) is 0.749. The van der Waals surface area contributed by atoms with Crippen molar-refractivity contribution in [1.29, 1.82) is 0 Å². The van der Waals surface area contributed by atoms with Gasteiger partial charge in [0.1, 0.15) is 22.8 Å². The second kappa shape index (κ2) is 11.7. The van der Waals surface area contributed by atoms with Crippen molar-refractivity contribution in [2.24, 2.45) is 0 Å². The van der Waals surface area contributed by atoms with Crippen molar-refractivity contribution in [2.45, 2.75) is 12.3 Å². The molecule has 1 aliphatic rings. The van der Waals surface area contributed by atoms with Crippen molar-refractivity contribution in [3.8, 4) is 28.4 Å². The van der Waals surface area contributed by atoms with Gasteiger partial charge in [-0.25, -0.2) is 4.79 Å². The highest BCUT2D eigenvalue weighted by Crippen LogP contribution is 2.46. The fraction of sp³-hybridized carbons (Fsp3) is 0.323. The van der Waals surface area contributed by atoms with Gasteiger partial charge in [-0.15, -0.1) is 0 Å². The van der Waals surface area contributed by atoms with Gasteiger partial charge in [0.2, 0.25) is 0 Å². The topological polar surface area (TPSA) is 70.4 Å². The lowest BCUT2D eigenvalue weighted by molar-refractivity contribution is 0.0369. The molecular formula is C31H33NO6. The van der Waals surface area contributed by atoms with Crippen LogP contribution in [-0.2, 0) is 4.74 Å². The number of hydrogen-bond acceptors (Lipinski definition) is 7. The molecule has 2 heterocycles. The van der Waals surface area contributed by atoms with Gasteiger partial charge >= 0.3 is 5.63 Å². The van der Waals surface area contributed by atoms with Crippen LogP contribution in [0.15, 0.2) is 75.9 Å². The molecule has 198 valence electrons. The summed E-state index contributed by atoms with van der Waals surface area (Å²) in [5.41, 5.74) is 3.64. The summed E-state index contributed by atoms with van der Waals surface area (Å²) in [6, 6.07) is 21.3. The standard InChI is InChI=1S/C31H33NO6/c1-34-23-11-9-22(10-12-23)24(13-14-32-15-17-37-18-16-32)29-26(35-2)20-27(36-3)30-25(19-28(33)38-31(29)30)21-7-5-4-6-8-21/h4-12,19-20,24H,13-18H2,1-3H3/t24-/m1/s1. The number of methoxy groups -OCH3 is 3. The van der Waals surface area contributed by atoms with Crippen LogP contribution in [0.2, 0.25) is 0 Å². The summed E-state index contributed by atoms with van der Waals surface area (Å²) >= 11 is 0. The Kier molecular flexibility index (Phi) is 7.96. The maximum atomic E-state index is 13.0. The molecular weight excluding hydrogens is 482 g/mol. The van der Waals surface area contributed by atoms with E-state index in [1.54, 1.807) is 21.3 Å². The Morgan fingerprint density at radius 2 is 1.58 bits per heavy atom. The molecule has 5 rings (SSSR count). The van der Waals surface area contributed by atoms with Crippen LogP contribution in [-0.4, -0.2) is 59.1 Å². The summed E-state index contributed by atoms with van der Waals surface area (Å²) in [7, 11) is 4.91. The van der Waals surface area contributed by atoms with Crippen LogP contribution in [0.1, 0.15) is 23.5 Å². The van der Waals surface area contributed by atoms with Gasteiger partial charge in [0.15, 0.2) is 0 Å². The number of fused-ring (bicyclic) bond motifs is 1. The molecule has 0 N–H and O–H groups in total. The zero-order chi connectivity index (χ0) is 26.5. The molecule has 1 atom stereocenters. The van der Waals surface area contributed by atoms with Gasteiger partial charge in [0, 0.05) is 42.3 Å². The fourth-order valence-corrected chi connectivity index (χ4v) is 5.26. The Hall–Kier alpha value is -3.81. The third kappa shape index (κ3) is 5.26. The molecule has 7 nitrogen and oxygen atoms in total. The second-order valence-corrected chi connectivity index (χ2v) is 9.31. The van der Waals surface area contributed by atoms with Crippen LogP contribution < -0.4 is 19.8 Å². The van der Waals surface area contributed by atoms with E-state index >= 15 is 0 Å². The Labute approximate surface area is 222 Å². The van der Waals surface area contributed by atoms with E-state index in [-0.39, 0.29) is 5.92 Å². The van der Waals surface area contributed by atoms with Crippen LogP contribution >= 0.6 is 0 Å². The third-order valence-electron chi connectivity index (χ3n) is 7.21. The second-order valence-electron chi connectivity index (χ2n) is 9.31. The first-order chi connectivity index (χ1) is 18.6. The molecule has 0 unspecified atom stereocenters. The van der Waals surface area contributed by atoms with Crippen LogP contribution in [0.5, 0.6) is 17.2 Å². The van der Waals surface area contributed by atoms with Gasteiger partial charge in [0.05, 0.1) is 39.9 Å². The van der Waals surface area contributed by atoms with E-state index in [4.69, 9.17) is 23.4 Å². The van der Waals surface area contributed by atoms with E-state index in [2.05, 4.69) is 17.0 Å². The van der Waals surface area contributed by atoms with Crippen LogP contribution in [0.4, 0.5) is 0 Å². The third-order valence-corrected chi connectivity index (χ3v) is 7.21. The van der Waals surface area contributed by atoms with Crippen molar-refractivity contribution in [1.82, 2.24) is 4.90 Å². The average Bonchev–Trinajstić information content (AvgIpc) is 2.98. The molecule has 1 aliphatic heterocycles.